The fraction of sp³-hybridized carbons (Fsp3) is 0.600. The Bertz CT molecular complexity index is 554. The lowest BCUT2D eigenvalue weighted by Crippen LogP contribution is -2.41. The molecule has 0 aromatic heterocycles. The first kappa shape index (κ1) is 16.4. The molecule has 1 aliphatic rings. The van der Waals surface area contributed by atoms with Crippen LogP contribution in [0.3, 0.4) is 0 Å². The summed E-state index contributed by atoms with van der Waals surface area (Å²) in [4.78, 5) is 2.31. The van der Waals surface area contributed by atoms with Gasteiger partial charge in [-0.15, -0.1) is 0 Å². The fourth-order valence-electron chi connectivity index (χ4n) is 2.84. The number of nitrogens with zero attached hydrogens (tertiary/aromatic N) is 1. The Kier molecular flexibility index (Phi) is 5.75. The number of nitrogens with one attached hydrogen (secondary N) is 1. The van der Waals surface area contributed by atoms with Crippen LogP contribution in [0.4, 0.5) is 0 Å². The summed E-state index contributed by atoms with van der Waals surface area (Å²) in [6.45, 7) is 5.20. The lowest BCUT2D eigenvalue weighted by atomic mass is 10.1. The Labute approximate surface area is 127 Å². The third-order valence-corrected chi connectivity index (χ3v) is 5.25. The molecule has 1 saturated heterocycles. The van der Waals surface area contributed by atoms with Crippen molar-refractivity contribution in [2.24, 2.45) is 5.73 Å². The van der Waals surface area contributed by atoms with Gasteiger partial charge in [0.25, 0.3) is 0 Å². The van der Waals surface area contributed by atoms with Crippen molar-refractivity contribution >= 4 is 10.0 Å². The zero-order valence-electron chi connectivity index (χ0n) is 12.6. The summed E-state index contributed by atoms with van der Waals surface area (Å²) >= 11 is 0. The lowest BCUT2D eigenvalue weighted by Gasteiger charge is -2.21. The molecule has 1 heterocycles. The molecule has 1 aromatic rings. The molecule has 3 N–H and O–H groups in total. The van der Waals surface area contributed by atoms with E-state index < -0.39 is 10.0 Å². The Morgan fingerprint density at radius 1 is 1.24 bits per heavy atom. The molecule has 1 aliphatic heterocycles. The SMILES string of the molecule is CC(CN1CCCC1)NS(=O)(=O)Cc1ccccc1CN. The molecule has 5 nitrogen and oxygen atoms in total. The fourth-order valence-corrected chi connectivity index (χ4v) is 4.30. The normalized spacial score (nSPS) is 18.0. The minimum atomic E-state index is -3.34. The number of hydrogen-bond donors (Lipinski definition) is 2. The Hall–Kier alpha value is -0.950. The van der Waals surface area contributed by atoms with Gasteiger partial charge in [-0.1, -0.05) is 24.3 Å². The molecule has 6 heteroatoms. The van der Waals surface area contributed by atoms with Gasteiger partial charge in [0.15, 0.2) is 0 Å². The molecule has 1 fully saturated rings. The van der Waals surface area contributed by atoms with Crippen molar-refractivity contribution in [3.63, 3.8) is 0 Å². The highest BCUT2D eigenvalue weighted by molar-refractivity contribution is 7.88. The maximum atomic E-state index is 12.3. The number of nitrogens with two attached hydrogens (primary N) is 1. The molecule has 1 unspecified atom stereocenters. The number of benzene rings is 1. The minimum absolute atomic E-state index is 0.00921. The second-order valence-electron chi connectivity index (χ2n) is 5.76. The van der Waals surface area contributed by atoms with Crippen LogP contribution in [0.25, 0.3) is 0 Å². The van der Waals surface area contributed by atoms with Crippen molar-refractivity contribution < 1.29 is 8.42 Å². The van der Waals surface area contributed by atoms with Crippen molar-refractivity contribution in [3.8, 4) is 0 Å². The van der Waals surface area contributed by atoms with Crippen LogP contribution in [0.5, 0.6) is 0 Å². The van der Waals surface area contributed by atoms with E-state index in [4.69, 9.17) is 5.73 Å². The van der Waals surface area contributed by atoms with Crippen molar-refractivity contribution in [1.29, 1.82) is 0 Å². The van der Waals surface area contributed by atoms with E-state index in [1.54, 1.807) is 0 Å². The summed E-state index contributed by atoms with van der Waals surface area (Å²) in [6, 6.07) is 7.35. The van der Waals surface area contributed by atoms with Gasteiger partial charge < -0.3 is 10.6 Å². The van der Waals surface area contributed by atoms with Crippen molar-refractivity contribution in [1.82, 2.24) is 9.62 Å². The monoisotopic (exact) mass is 311 g/mol. The first-order valence-corrected chi connectivity index (χ1v) is 9.14. The van der Waals surface area contributed by atoms with Crippen LogP contribution in [-0.2, 0) is 22.3 Å². The number of likely N-dealkylation sites (tertiary alicyclic amines) is 1. The van der Waals surface area contributed by atoms with Gasteiger partial charge >= 0.3 is 0 Å². The van der Waals surface area contributed by atoms with Crippen LogP contribution in [0.1, 0.15) is 30.9 Å². The minimum Gasteiger partial charge on any atom is -0.326 e. The Balaban J connectivity index is 1.94. The van der Waals surface area contributed by atoms with Crippen LogP contribution >= 0.6 is 0 Å². The molecule has 0 bridgehead atoms. The molecule has 0 amide bonds. The Morgan fingerprint density at radius 3 is 2.48 bits per heavy atom. The molecule has 0 aliphatic carbocycles. The van der Waals surface area contributed by atoms with Crippen molar-refractivity contribution in [2.45, 2.75) is 38.1 Å². The summed E-state index contributed by atoms with van der Waals surface area (Å²) in [5, 5.41) is 0. The first-order chi connectivity index (χ1) is 10.00. The predicted octanol–water partition coefficient (Wildman–Crippen LogP) is 1.05. The summed E-state index contributed by atoms with van der Waals surface area (Å²) in [5.74, 6) is -0.00921. The van der Waals surface area contributed by atoms with Crippen LogP contribution in [0, 0.1) is 0 Å². The van der Waals surface area contributed by atoms with E-state index in [1.807, 2.05) is 31.2 Å². The van der Waals surface area contributed by atoms with E-state index in [0.29, 0.717) is 6.54 Å². The van der Waals surface area contributed by atoms with Gasteiger partial charge in [0.1, 0.15) is 0 Å². The van der Waals surface area contributed by atoms with Gasteiger partial charge in [-0.25, -0.2) is 13.1 Å². The van der Waals surface area contributed by atoms with E-state index in [0.717, 1.165) is 30.8 Å². The standard InChI is InChI=1S/C15H25N3O2S/c1-13(11-18-8-4-5-9-18)17-21(19,20)12-15-7-3-2-6-14(15)10-16/h2-3,6-7,13,17H,4-5,8-12,16H2,1H3. The summed E-state index contributed by atoms with van der Waals surface area (Å²) in [5.41, 5.74) is 7.32. The molecule has 0 spiro atoms. The first-order valence-electron chi connectivity index (χ1n) is 7.49. The largest absolute Gasteiger partial charge is 0.326 e. The lowest BCUT2D eigenvalue weighted by molar-refractivity contribution is 0.312. The van der Waals surface area contributed by atoms with E-state index >= 15 is 0 Å². The average Bonchev–Trinajstić information content (AvgIpc) is 2.90. The summed E-state index contributed by atoms with van der Waals surface area (Å²) in [7, 11) is -3.34. The summed E-state index contributed by atoms with van der Waals surface area (Å²) in [6.07, 6.45) is 2.42. The quantitative estimate of drug-likeness (QED) is 0.789. The molecule has 2 rings (SSSR count). The van der Waals surface area contributed by atoms with Crippen LogP contribution < -0.4 is 10.5 Å². The zero-order valence-corrected chi connectivity index (χ0v) is 13.4. The predicted molar refractivity (Wildman–Crippen MR) is 85.2 cm³/mol. The molecular formula is C15H25N3O2S. The third-order valence-electron chi connectivity index (χ3n) is 3.80. The number of rotatable bonds is 7. The highest BCUT2D eigenvalue weighted by Crippen LogP contribution is 2.12. The second-order valence-corrected chi connectivity index (χ2v) is 7.51. The molecule has 1 aromatic carbocycles. The van der Waals surface area contributed by atoms with Crippen molar-refractivity contribution in [2.75, 3.05) is 19.6 Å². The van der Waals surface area contributed by atoms with Crippen molar-refractivity contribution in [3.05, 3.63) is 35.4 Å². The van der Waals surface area contributed by atoms with E-state index in [2.05, 4.69) is 9.62 Å². The van der Waals surface area contributed by atoms with Gasteiger partial charge in [-0.05, 0) is 44.0 Å². The van der Waals surface area contributed by atoms with E-state index in [1.165, 1.54) is 12.8 Å². The average molecular weight is 311 g/mol. The highest BCUT2D eigenvalue weighted by atomic mass is 32.2. The van der Waals surface area contributed by atoms with Gasteiger partial charge in [0.05, 0.1) is 5.75 Å². The maximum Gasteiger partial charge on any atom is 0.216 e. The Morgan fingerprint density at radius 2 is 1.86 bits per heavy atom. The van der Waals surface area contributed by atoms with Crippen LogP contribution in [0.2, 0.25) is 0 Å². The maximum absolute atomic E-state index is 12.3. The zero-order chi connectivity index (χ0) is 15.3. The number of sulfonamides is 1. The second kappa shape index (κ2) is 7.35. The van der Waals surface area contributed by atoms with Crippen LogP contribution in [-0.4, -0.2) is 39.0 Å². The van der Waals surface area contributed by atoms with Gasteiger partial charge in [-0.2, -0.15) is 0 Å². The summed E-state index contributed by atoms with van der Waals surface area (Å²) < 4.78 is 27.3. The van der Waals surface area contributed by atoms with Gasteiger partial charge in [-0.3, -0.25) is 0 Å². The highest BCUT2D eigenvalue weighted by Gasteiger charge is 2.20. The topological polar surface area (TPSA) is 75.4 Å². The number of hydrogen-bond acceptors (Lipinski definition) is 4. The van der Waals surface area contributed by atoms with E-state index in [9.17, 15) is 8.42 Å². The molecule has 118 valence electrons. The van der Waals surface area contributed by atoms with Gasteiger partial charge in [0, 0.05) is 19.1 Å². The molecule has 0 saturated carbocycles. The smallest absolute Gasteiger partial charge is 0.216 e. The molecule has 1 atom stereocenters. The van der Waals surface area contributed by atoms with Crippen LogP contribution in [0.15, 0.2) is 24.3 Å². The third kappa shape index (κ3) is 5.07. The van der Waals surface area contributed by atoms with E-state index in [-0.39, 0.29) is 11.8 Å². The molecular weight excluding hydrogens is 286 g/mol. The van der Waals surface area contributed by atoms with Gasteiger partial charge in [0.2, 0.25) is 10.0 Å². The molecule has 21 heavy (non-hydrogen) atoms. The molecule has 0 radical (unpaired) electrons.